The van der Waals surface area contributed by atoms with Gasteiger partial charge < -0.3 is 0 Å². The number of amides is 3. The van der Waals surface area contributed by atoms with E-state index in [0.29, 0.717) is 21.7 Å². The molecular weight excluding hydrogens is 402 g/mol. The zero-order valence-electron chi connectivity index (χ0n) is 16.8. The predicted molar refractivity (Wildman–Crippen MR) is 112 cm³/mol. The van der Waals surface area contributed by atoms with Crippen molar-refractivity contribution in [2.24, 2.45) is 0 Å². The quantitative estimate of drug-likeness (QED) is 0.650. The Kier molecular flexibility index (Phi) is 4.43. The summed E-state index contributed by atoms with van der Waals surface area (Å²) in [5, 5.41) is 7.01. The molecule has 5 rings (SSSR count). The third kappa shape index (κ3) is 2.92. The normalized spacial score (nSPS) is 17.1. The minimum absolute atomic E-state index is 0.0437. The Bertz CT molecular complexity index is 1200. The third-order valence-corrected chi connectivity index (χ3v) is 7.04. The molecule has 1 aliphatic carbocycles. The molecule has 0 atom stereocenters. The van der Waals surface area contributed by atoms with Crippen LogP contribution in [0.15, 0.2) is 18.2 Å². The Morgan fingerprint density at radius 3 is 2.57 bits per heavy atom. The number of fused-ring (bicyclic) bond motifs is 2. The lowest BCUT2D eigenvalue weighted by molar-refractivity contribution is 0.0549. The molecule has 30 heavy (non-hydrogen) atoms. The molecule has 2 aromatic heterocycles. The van der Waals surface area contributed by atoms with Gasteiger partial charge in [-0.1, -0.05) is 30.6 Å². The van der Waals surface area contributed by atoms with Crippen molar-refractivity contribution in [2.45, 2.75) is 52.0 Å². The number of thiazole rings is 1. The van der Waals surface area contributed by atoms with Gasteiger partial charge in [-0.25, -0.2) is 4.52 Å². The van der Waals surface area contributed by atoms with Gasteiger partial charge >= 0.3 is 0 Å². The molecule has 2 aliphatic rings. The van der Waals surface area contributed by atoms with Gasteiger partial charge in [-0.2, -0.15) is 4.98 Å². The second kappa shape index (κ2) is 7.02. The highest BCUT2D eigenvalue weighted by molar-refractivity contribution is 7.17. The summed E-state index contributed by atoms with van der Waals surface area (Å²) in [6.45, 7) is 3.94. The summed E-state index contributed by atoms with van der Waals surface area (Å²) >= 11 is 1.50. The number of nitrogens with zero attached hydrogens (tertiary/aromatic N) is 4. The highest BCUT2D eigenvalue weighted by atomic mass is 32.1. The Balaban J connectivity index is 1.39. The number of imide groups is 1. The first-order valence-electron chi connectivity index (χ1n) is 10.1. The van der Waals surface area contributed by atoms with E-state index in [9.17, 15) is 14.4 Å². The van der Waals surface area contributed by atoms with E-state index >= 15 is 0 Å². The molecule has 1 aromatic carbocycles. The number of hydrogen-bond donors (Lipinski definition) is 1. The van der Waals surface area contributed by atoms with Gasteiger partial charge in [0.15, 0.2) is 0 Å². The van der Waals surface area contributed by atoms with E-state index in [-0.39, 0.29) is 23.8 Å². The van der Waals surface area contributed by atoms with Gasteiger partial charge in [0, 0.05) is 16.5 Å². The number of nitrogens with one attached hydrogen (secondary N) is 1. The Morgan fingerprint density at radius 2 is 1.83 bits per heavy atom. The molecule has 1 aliphatic heterocycles. The number of carbonyl (C=O) groups excluding carboxylic acids is 3. The van der Waals surface area contributed by atoms with Gasteiger partial charge in [0.05, 0.1) is 16.8 Å². The lowest BCUT2D eigenvalue weighted by Gasteiger charge is -2.29. The second-order valence-corrected chi connectivity index (χ2v) is 9.04. The van der Waals surface area contributed by atoms with E-state index in [4.69, 9.17) is 0 Å². The lowest BCUT2D eigenvalue weighted by atomic mass is 9.94. The van der Waals surface area contributed by atoms with Crippen molar-refractivity contribution in [1.29, 1.82) is 0 Å². The fraction of sp³-hybridized carbons (Fsp3) is 0.381. The summed E-state index contributed by atoms with van der Waals surface area (Å²) < 4.78 is 1.70. The maximum atomic E-state index is 12.9. The van der Waals surface area contributed by atoms with E-state index in [2.05, 4.69) is 15.4 Å². The minimum atomic E-state index is -0.415. The zero-order valence-corrected chi connectivity index (χ0v) is 17.6. The Hall–Kier alpha value is -3.07. The van der Waals surface area contributed by atoms with Crippen LogP contribution in [-0.2, 0) is 0 Å². The molecule has 1 saturated carbocycles. The first kappa shape index (κ1) is 18.9. The van der Waals surface area contributed by atoms with Crippen LogP contribution in [0.1, 0.15) is 73.7 Å². The molecule has 0 radical (unpaired) electrons. The molecular formula is C21H21N5O3S. The number of carbonyl (C=O) groups is 3. The van der Waals surface area contributed by atoms with Gasteiger partial charge in [0.25, 0.3) is 23.7 Å². The van der Waals surface area contributed by atoms with Crippen LogP contribution in [0, 0.1) is 13.8 Å². The van der Waals surface area contributed by atoms with E-state index in [1.54, 1.807) is 16.6 Å². The zero-order chi connectivity index (χ0) is 21.0. The van der Waals surface area contributed by atoms with Crippen LogP contribution in [0.3, 0.4) is 0 Å². The molecule has 1 N–H and O–H groups in total. The van der Waals surface area contributed by atoms with Gasteiger partial charge in [-0.05, 0) is 44.9 Å². The maximum absolute atomic E-state index is 12.9. The van der Waals surface area contributed by atoms with Crippen molar-refractivity contribution in [2.75, 3.05) is 5.32 Å². The highest BCUT2D eigenvalue weighted by Gasteiger charge is 2.40. The van der Waals surface area contributed by atoms with Crippen LogP contribution in [0.4, 0.5) is 5.95 Å². The predicted octanol–water partition coefficient (Wildman–Crippen LogP) is 3.59. The summed E-state index contributed by atoms with van der Waals surface area (Å²) in [4.78, 5) is 46.0. The van der Waals surface area contributed by atoms with Crippen molar-refractivity contribution in [1.82, 2.24) is 19.5 Å². The lowest BCUT2D eigenvalue weighted by Crippen LogP contribution is -2.40. The first-order valence-corrected chi connectivity index (χ1v) is 10.9. The van der Waals surface area contributed by atoms with Crippen LogP contribution in [0.5, 0.6) is 0 Å². The van der Waals surface area contributed by atoms with Crippen molar-refractivity contribution in [3.63, 3.8) is 0 Å². The molecule has 3 aromatic rings. The Morgan fingerprint density at radius 1 is 1.10 bits per heavy atom. The molecule has 1 fully saturated rings. The number of aromatic nitrogens is 3. The van der Waals surface area contributed by atoms with E-state index < -0.39 is 5.91 Å². The van der Waals surface area contributed by atoms with Crippen LogP contribution < -0.4 is 5.32 Å². The molecule has 0 spiro atoms. The van der Waals surface area contributed by atoms with Crippen molar-refractivity contribution in [3.8, 4) is 0 Å². The van der Waals surface area contributed by atoms with Crippen LogP contribution in [-0.4, -0.2) is 43.3 Å². The molecule has 9 heteroatoms. The molecule has 8 nitrogen and oxygen atoms in total. The fourth-order valence-corrected chi connectivity index (χ4v) is 5.14. The standard InChI is InChI=1S/C21H21N5O3S/c1-11-12(2)30-21-23-20(24-26(11)21)22-17(27)13-8-9-15-16(10-13)19(29)25(18(15)28)14-6-4-3-5-7-14/h8-10,14H,3-7H2,1-2H3,(H,22,24,27). The van der Waals surface area contributed by atoms with Crippen LogP contribution >= 0.6 is 11.3 Å². The van der Waals surface area contributed by atoms with Gasteiger partial charge in [0.2, 0.25) is 4.96 Å². The summed E-state index contributed by atoms with van der Waals surface area (Å²) in [5.74, 6) is -0.762. The van der Waals surface area contributed by atoms with E-state index in [0.717, 1.165) is 42.7 Å². The average molecular weight is 423 g/mol. The molecule has 3 amide bonds. The topological polar surface area (TPSA) is 96.7 Å². The summed E-state index contributed by atoms with van der Waals surface area (Å²) in [7, 11) is 0. The maximum Gasteiger partial charge on any atom is 0.261 e. The van der Waals surface area contributed by atoms with Gasteiger partial charge in [-0.3, -0.25) is 24.6 Å². The van der Waals surface area contributed by atoms with Crippen molar-refractivity contribution < 1.29 is 14.4 Å². The van der Waals surface area contributed by atoms with Crippen molar-refractivity contribution >= 4 is 40.0 Å². The van der Waals surface area contributed by atoms with Gasteiger partial charge in [0.1, 0.15) is 0 Å². The largest absolute Gasteiger partial charge is 0.289 e. The summed E-state index contributed by atoms with van der Waals surface area (Å²) in [5.41, 5.74) is 1.94. The first-order chi connectivity index (χ1) is 14.4. The third-order valence-electron chi connectivity index (χ3n) is 5.99. The minimum Gasteiger partial charge on any atom is -0.289 e. The molecule has 0 bridgehead atoms. The molecule has 3 heterocycles. The smallest absolute Gasteiger partial charge is 0.261 e. The molecule has 154 valence electrons. The number of aryl methyl sites for hydroxylation is 2. The van der Waals surface area contributed by atoms with E-state index in [1.807, 2.05) is 13.8 Å². The number of hydrogen-bond acceptors (Lipinski definition) is 6. The van der Waals surface area contributed by atoms with E-state index in [1.165, 1.54) is 22.3 Å². The monoisotopic (exact) mass is 423 g/mol. The van der Waals surface area contributed by atoms with Gasteiger partial charge in [-0.15, -0.1) is 5.10 Å². The SMILES string of the molecule is Cc1sc2nc(NC(=O)c3ccc4c(c3)C(=O)N(C3CCCCC3)C4=O)nn2c1C. The number of anilines is 1. The second-order valence-electron chi connectivity index (χ2n) is 7.86. The highest BCUT2D eigenvalue weighted by Crippen LogP contribution is 2.31. The summed E-state index contributed by atoms with van der Waals surface area (Å²) in [6.07, 6.45) is 4.89. The van der Waals surface area contributed by atoms with Crippen LogP contribution in [0.25, 0.3) is 4.96 Å². The number of benzene rings is 1. The molecule has 0 saturated heterocycles. The van der Waals surface area contributed by atoms with Crippen LogP contribution in [0.2, 0.25) is 0 Å². The van der Waals surface area contributed by atoms with Crippen molar-refractivity contribution in [3.05, 3.63) is 45.5 Å². The average Bonchev–Trinajstić information content (AvgIpc) is 3.34. The molecule has 0 unspecified atom stereocenters. The number of rotatable bonds is 3. The fourth-order valence-electron chi connectivity index (χ4n) is 4.24. The summed E-state index contributed by atoms with van der Waals surface area (Å²) in [6, 6.07) is 4.59. The Labute approximate surface area is 176 Å².